The molecule has 2 aromatic rings. The SMILES string of the molecule is O=C(OCCNc1ccc([N+](=O)[O-])cn1)c1cccc(Br)c1. The zero-order valence-electron chi connectivity index (χ0n) is 11.4. The van der Waals surface area contributed by atoms with Crippen molar-refractivity contribution in [2.45, 2.75) is 0 Å². The summed E-state index contributed by atoms with van der Waals surface area (Å²) in [6, 6.07) is 9.75. The molecule has 114 valence electrons. The molecular formula is C14H12BrN3O4. The molecular weight excluding hydrogens is 354 g/mol. The Morgan fingerprint density at radius 3 is 2.82 bits per heavy atom. The molecule has 0 aliphatic rings. The number of nitrogens with one attached hydrogen (secondary N) is 1. The van der Waals surface area contributed by atoms with Gasteiger partial charge in [-0.2, -0.15) is 0 Å². The van der Waals surface area contributed by atoms with Crippen molar-refractivity contribution in [2.75, 3.05) is 18.5 Å². The van der Waals surface area contributed by atoms with Gasteiger partial charge in [-0.3, -0.25) is 10.1 Å². The Morgan fingerprint density at radius 1 is 1.36 bits per heavy atom. The highest BCUT2D eigenvalue weighted by atomic mass is 79.9. The molecule has 1 aromatic carbocycles. The van der Waals surface area contributed by atoms with Crippen LogP contribution in [0.5, 0.6) is 0 Å². The van der Waals surface area contributed by atoms with Gasteiger partial charge in [0.15, 0.2) is 0 Å². The number of hydrogen-bond donors (Lipinski definition) is 1. The molecule has 7 nitrogen and oxygen atoms in total. The first kappa shape index (κ1) is 15.9. The average molecular weight is 366 g/mol. The molecule has 1 N–H and O–H groups in total. The lowest BCUT2D eigenvalue weighted by Crippen LogP contribution is -2.14. The van der Waals surface area contributed by atoms with Gasteiger partial charge in [-0.1, -0.05) is 22.0 Å². The number of ether oxygens (including phenoxy) is 1. The van der Waals surface area contributed by atoms with Gasteiger partial charge in [0.1, 0.15) is 18.6 Å². The van der Waals surface area contributed by atoms with Crippen LogP contribution in [-0.4, -0.2) is 29.0 Å². The number of anilines is 1. The van der Waals surface area contributed by atoms with Crippen LogP contribution in [0.15, 0.2) is 47.1 Å². The Balaban J connectivity index is 1.77. The van der Waals surface area contributed by atoms with Crippen LogP contribution in [0.3, 0.4) is 0 Å². The Kier molecular flexibility index (Phi) is 5.42. The van der Waals surface area contributed by atoms with Crippen molar-refractivity contribution in [3.63, 3.8) is 0 Å². The minimum Gasteiger partial charge on any atom is -0.460 e. The summed E-state index contributed by atoms with van der Waals surface area (Å²) < 4.78 is 5.91. The fourth-order valence-electron chi connectivity index (χ4n) is 1.62. The van der Waals surface area contributed by atoms with E-state index in [1.54, 1.807) is 18.2 Å². The molecule has 8 heteroatoms. The number of carbonyl (C=O) groups excluding carboxylic acids is 1. The molecule has 0 aliphatic heterocycles. The van der Waals surface area contributed by atoms with E-state index in [1.165, 1.54) is 12.1 Å². The number of hydrogen-bond acceptors (Lipinski definition) is 6. The van der Waals surface area contributed by atoms with Crippen LogP contribution in [0.4, 0.5) is 11.5 Å². The van der Waals surface area contributed by atoms with E-state index in [0.29, 0.717) is 17.9 Å². The van der Waals surface area contributed by atoms with Crippen molar-refractivity contribution in [1.29, 1.82) is 0 Å². The Hall–Kier alpha value is -2.48. The van der Waals surface area contributed by atoms with Gasteiger partial charge in [0.2, 0.25) is 0 Å². The lowest BCUT2D eigenvalue weighted by atomic mass is 10.2. The minimum atomic E-state index is -0.517. The number of rotatable bonds is 6. The number of halogens is 1. The second kappa shape index (κ2) is 7.51. The quantitative estimate of drug-likeness (QED) is 0.366. The monoisotopic (exact) mass is 365 g/mol. The zero-order chi connectivity index (χ0) is 15.9. The molecule has 0 spiro atoms. The van der Waals surface area contributed by atoms with Gasteiger partial charge < -0.3 is 10.1 Å². The van der Waals surface area contributed by atoms with Crippen molar-refractivity contribution in [3.8, 4) is 0 Å². The molecule has 2 rings (SSSR count). The Labute approximate surface area is 134 Å². The van der Waals surface area contributed by atoms with Gasteiger partial charge in [0, 0.05) is 10.5 Å². The van der Waals surface area contributed by atoms with Gasteiger partial charge in [0.25, 0.3) is 5.69 Å². The maximum Gasteiger partial charge on any atom is 0.338 e. The predicted molar refractivity (Wildman–Crippen MR) is 83.8 cm³/mol. The number of carbonyl (C=O) groups is 1. The third kappa shape index (κ3) is 4.52. The maximum absolute atomic E-state index is 11.8. The van der Waals surface area contributed by atoms with E-state index in [1.807, 2.05) is 6.07 Å². The Bertz CT molecular complexity index is 676. The van der Waals surface area contributed by atoms with Crippen LogP contribution in [0.2, 0.25) is 0 Å². The van der Waals surface area contributed by atoms with Crippen molar-refractivity contribution in [3.05, 3.63) is 62.7 Å². The molecule has 0 aliphatic carbocycles. The predicted octanol–water partition coefficient (Wildman–Crippen LogP) is 3.02. The number of nitro groups is 1. The second-order valence-corrected chi connectivity index (χ2v) is 5.15. The minimum absolute atomic E-state index is 0.0772. The van der Waals surface area contributed by atoms with Crippen LogP contribution in [0, 0.1) is 10.1 Å². The van der Waals surface area contributed by atoms with Crippen LogP contribution in [-0.2, 0) is 4.74 Å². The first-order chi connectivity index (χ1) is 10.6. The fraction of sp³-hybridized carbons (Fsp3) is 0.143. The first-order valence-electron chi connectivity index (χ1n) is 6.33. The molecule has 0 amide bonds. The smallest absolute Gasteiger partial charge is 0.338 e. The summed E-state index contributed by atoms with van der Waals surface area (Å²) in [6.07, 6.45) is 1.16. The van der Waals surface area contributed by atoms with E-state index in [9.17, 15) is 14.9 Å². The molecule has 1 aromatic heterocycles. The topological polar surface area (TPSA) is 94.4 Å². The molecule has 0 bridgehead atoms. The highest BCUT2D eigenvalue weighted by Gasteiger charge is 2.07. The number of benzene rings is 1. The van der Waals surface area contributed by atoms with E-state index >= 15 is 0 Å². The van der Waals surface area contributed by atoms with Crippen molar-refractivity contribution in [2.24, 2.45) is 0 Å². The second-order valence-electron chi connectivity index (χ2n) is 4.23. The molecule has 0 radical (unpaired) electrons. The normalized spacial score (nSPS) is 10.0. The van der Waals surface area contributed by atoms with Crippen molar-refractivity contribution < 1.29 is 14.5 Å². The third-order valence-corrected chi connectivity index (χ3v) is 3.15. The lowest BCUT2D eigenvalue weighted by Gasteiger charge is -2.07. The summed E-state index contributed by atoms with van der Waals surface area (Å²) in [6.45, 7) is 0.509. The van der Waals surface area contributed by atoms with E-state index < -0.39 is 10.9 Å². The summed E-state index contributed by atoms with van der Waals surface area (Å²) >= 11 is 3.28. The summed E-state index contributed by atoms with van der Waals surface area (Å²) in [4.78, 5) is 25.6. The van der Waals surface area contributed by atoms with Crippen molar-refractivity contribution in [1.82, 2.24) is 4.98 Å². The van der Waals surface area contributed by atoms with Crippen molar-refractivity contribution >= 4 is 33.4 Å². The van der Waals surface area contributed by atoms with E-state index in [-0.39, 0.29) is 12.3 Å². The summed E-state index contributed by atoms with van der Waals surface area (Å²) in [7, 11) is 0. The largest absolute Gasteiger partial charge is 0.460 e. The van der Waals surface area contributed by atoms with Crippen LogP contribution in [0.25, 0.3) is 0 Å². The molecule has 0 saturated carbocycles. The number of pyridine rings is 1. The maximum atomic E-state index is 11.8. The van der Waals surface area contributed by atoms with Gasteiger partial charge in [-0.05, 0) is 24.3 Å². The van der Waals surface area contributed by atoms with E-state index in [4.69, 9.17) is 4.74 Å². The van der Waals surface area contributed by atoms with Crippen LogP contribution >= 0.6 is 15.9 Å². The standard InChI is InChI=1S/C14H12BrN3O4/c15-11-3-1-2-10(8-11)14(19)22-7-6-16-13-5-4-12(9-17-13)18(20)21/h1-5,8-9H,6-7H2,(H,16,17). The number of esters is 1. The van der Waals surface area contributed by atoms with Gasteiger partial charge in [-0.25, -0.2) is 9.78 Å². The first-order valence-corrected chi connectivity index (χ1v) is 7.12. The lowest BCUT2D eigenvalue weighted by molar-refractivity contribution is -0.385. The average Bonchev–Trinajstić information content (AvgIpc) is 2.51. The van der Waals surface area contributed by atoms with E-state index in [0.717, 1.165) is 10.7 Å². The van der Waals surface area contributed by atoms with Gasteiger partial charge >= 0.3 is 5.97 Å². The summed E-state index contributed by atoms with van der Waals surface area (Å²) in [5.41, 5.74) is 0.384. The molecule has 1 heterocycles. The molecule has 22 heavy (non-hydrogen) atoms. The highest BCUT2D eigenvalue weighted by Crippen LogP contribution is 2.13. The van der Waals surface area contributed by atoms with Crippen LogP contribution < -0.4 is 5.32 Å². The molecule has 0 unspecified atom stereocenters. The molecule has 0 saturated heterocycles. The summed E-state index contributed by atoms with van der Waals surface area (Å²) in [5, 5.41) is 13.4. The van der Waals surface area contributed by atoms with Gasteiger partial charge in [0.05, 0.1) is 17.0 Å². The third-order valence-electron chi connectivity index (χ3n) is 2.66. The van der Waals surface area contributed by atoms with Gasteiger partial charge in [-0.15, -0.1) is 0 Å². The molecule has 0 fully saturated rings. The highest BCUT2D eigenvalue weighted by molar-refractivity contribution is 9.10. The summed E-state index contributed by atoms with van der Waals surface area (Å²) in [5.74, 6) is 0.0591. The number of aromatic nitrogens is 1. The number of nitrogens with zero attached hydrogens (tertiary/aromatic N) is 2. The molecule has 0 atom stereocenters. The van der Waals surface area contributed by atoms with E-state index in [2.05, 4.69) is 26.2 Å². The fourth-order valence-corrected chi connectivity index (χ4v) is 2.02. The Morgan fingerprint density at radius 2 is 2.18 bits per heavy atom. The van der Waals surface area contributed by atoms with Crippen LogP contribution in [0.1, 0.15) is 10.4 Å². The zero-order valence-corrected chi connectivity index (χ0v) is 12.9.